The standard InChI is InChI=1S/C18H26ClN3O2S/c1-25-10-9-16(20)18(24)22-13-7-8-15(19)14(11-13)17(23)21-12-5-3-2-4-6-12/h7-8,11-12,16H,2-6,9-10,20H2,1H3,(H,21,23)(H,22,24)/t16-/m0/s1. The van der Waals surface area contributed by atoms with Crippen molar-refractivity contribution in [1.29, 1.82) is 0 Å². The van der Waals surface area contributed by atoms with Crippen LogP contribution in [0.15, 0.2) is 18.2 Å². The zero-order valence-corrected chi connectivity index (χ0v) is 16.1. The van der Waals surface area contributed by atoms with Gasteiger partial charge >= 0.3 is 0 Å². The molecule has 0 spiro atoms. The molecule has 0 radical (unpaired) electrons. The summed E-state index contributed by atoms with van der Waals surface area (Å²) in [6.45, 7) is 0. The molecule has 1 atom stereocenters. The molecule has 1 aliphatic rings. The van der Waals surface area contributed by atoms with Gasteiger partial charge in [0.05, 0.1) is 16.6 Å². The number of hydrogen-bond acceptors (Lipinski definition) is 4. The van der Waals surface area contributed by atoms with E-state index in [0.29, 0.717) is 22.7 Å². The molecule has 0 aromatic heterocycles. The van der Waals surface area contributed by atoms with Gasteiger partial charge in [0.15, 0.2) is 0 Å². The maximum Gasteiger partial charge on any atom is 0.253 e. The van der Waals surface area contributed by atoms with Crippen LogP contribution >= 0.6 is 23.4 Å². The fraction of sp³-hybridized carbons (Fsp3) is 0.556. The highest BCUT2D eigenvalue weighted by molar-refractivity contribution is 7.98. The predicted molar refractivity (Wildman–Crippen MR) is 105 cm³/mol. The van der Waals surface area contributed by atoms with E-state index in [1.807, 2.05) is 6.26 Å². The van der Waals surface area contributed by atoms with E-state index in [1.165, 1.54) is 6.42 Å². The molecule has 5 nitrogen and oxygen atoms in total. The van der Waals surface area contributed by atoms with Crippen molar-refractivity contribution in [2.45, 2.75) is 50.6 Å². The summed E-state index contributed by atoms with van der Waals surface area (Å²) in [5.41, 5.74) is 6.78. The Labute approximate surface area is 158 Å². The van der Waals surface area contributed by atoms with Crippen LogP contribution in [-0.4, -0.2) is 35.9 Å². The molecule has 2 amide bonds. The van der Waals surface area contributed by atoms with Gasteiger partial charge in [0.25, 0.3) is 5.91 Å². The first kappa shape index (κ1) is 20.1. The summed E-state index contributed by atoms with van der Waals surface area (Å²) in [4.78, 5) is 24.6. The van der Waals surface area contributed by atoms with Crippen molar-refractivity contribution in [3.8, 4) is 0 Å². The minimum atomic E-state index is -0.567. The van der Waals surface area contributed by atoms with Gasteiger partial charge in [-0.25, -0.2) is 0 Å². The van der Waals surface area contributed by atoms with Crippen LogP contribution in [0.3, 0.4) is 0 Å². The largest absolute Gasteiger partial charge is 0.349 e. The molecule has 1 saturated carbocycles. The van der Waals surface area contributed by atoms with Crippen LogP contribution in [0.1, 0.15) is 48.9 Å². The lowest BCUT2D eigenvalue weighted by Gasteiger charge is -2.23. The SMILES string of the molecule is CSCC[C@H](N)C(=O)Nc1ccc(Cl)c(C(=O)NC2CCCCC2)c1. The maximum absolute atomic E-state index is 12.5. The van der Waals surface area contributed by atoms with Gasteiger partial charge in [-0.15, -0.1) is 0 Å². The van der Waals surface area contributed by atoms with Crippen LogP contribution in [0.5, 0.6) is 0 Å². The van der Waals surface area contributed by atoms with E-state index < -0.39 is 6.04 Å². The number of nitrogens with one attached hydrogen (secondary N) is 2. The summed E-state index contributed by atoms with van der Waals surface area (Å²) >= 11 is 7.82. The highest BCUT2D eigenvalue weighted by Crippen LogP contribution is 2.23. The van der Waals surface area contributed by atoms with Gasteiger partial charge in [0, 0.05) is 11.7 Å². The molecule has 4 N–H and O–H groups in total. The quantitative estimate of drug-likeness (QED) is 0.673. The van der Waals surface area contributed by atoms with E-state index in [2.05, 4.69) is 10.6 Å². The van der Waals surface area contributed by atoms with Crippen molar-refractivity contribution >= 4 is 40.9 Å². The molecular formula is C18H26ClN3O2S. The second kappa shape index (κ2) is 10.0. The van der Waals surface area contributed by atoms with Gasteiger partial charge in [0.1, 0.15) is 0 Å². The highest BCUT2D eigenvalue weighted by atomic mass is 35.5. The second-order valence-electron chi connectivity index (χ2n) is 6.38. The van der Waals surface area contributed by atoms with E-state index in [0.717, 1.165) is 31.4 Å². The Hall–Kier alpha value is -1.24. The maximum atomic E-state index is 12.5. The Bertz CT molecular complexity index is 606. The highest BCUT2D eigenvalue weighted by Gasteiger charge is 2.19. The molecule has 7 heteroatoms. The average molecular weight is 384 g/mol. The lowest BCUT2D eigenvalue weighted by atomic mass is 9.95. The van der Waals surface area contributed by atoms with Crippen molar-refractivity contribution in [1.82, 2.24) is 5.32 Å². The fourth-order valence-electron chi connectivity index (χ4n) is 2.90. The molecule has 0 saturated heterocycles. The summed E-state index contributed by atoms with van der Waals surface area (Å²) in [6.07, 6.45) is 8.10. The van der Waals surface area contributed by atoms with Crippen molar-refractivity contribution < 1.29 is 9.59 Å². The summed E-state index contributed by atoms with van der Waals surface area (Å²) in [5, 5.41) is 6.18. The molecular weight excluding hydrogens is 358 g/mol. The number of anilines is 1. The first-order valence-electron chi connectivity index (χ1n) is 8.67. The predicted octanol–water partition coefficient (Wildman–Crippen LogP) is 3.42. The van der Waals surface area contributed by atoms with Gasteiger partial charge in [-0.05, 0) is 49.5 Å². The molecule has 2 rings (SSSR count). The Morgan fingerprint density at radius 2 is 2.04 bits per heavy atom. The van der Waals surface area contributed by atoms with E-state index in [1.54, 1.807) is 30.0 Å². The third-order valence-corrected chi connectivity index (χ3v) is 5.36. The first-order chi connectivity index (χ1) is 12.0. The summed E-state index contributed by atoms with van der Waals surface area (Å²) in [6, 6.07) is 4.55. The first-order valence-corrected chi connectivity index (χ1v) is 10.4. The monoisotopic (exact) mass is 383 g/mol. The molecule has 0 bridgehead atoms. The van der Waals surface area contributed by atoms with E-state index in [-0.39, 0.29) is 17.9 Å². The van der Waals surface area contributed by atoms with Gasteiger partial charge in [-0.1, -0.05) is 30.9 Å². The number of thioether (sulfide) groups is 1. The number of carbonyl (C=O) groups is 2. The van der Waals surface area contributed by atoms with E-state index in [9.17, 15) is 9.59 Å². The number of amides is 2. The van der Waals surface area contributed by atoms with Crippen LogP contribution in [0.2, 0.25) is 5.02 Å². The normalized spacial score (nSPS) is 16.3. The van der Waals surface area contributed by atoms with Gasteiger partial charge < -0.3 is 16.4 Å². The Morgan fingerprint density at radius 3 is 2.72 bits per heavy atom. The molecule has 1 aliphatic carbocycles. The molecule has 138 valence electrons. The zero-order valence-electron chi connectivity index (χ0n) is 14.5. The lowest BCUT2D eigenvalue weighted by molar-refractivity contribution is -0.117. The minimum absolute atomic E-state index is 0.195. The van der Waals surface area contributed by atoms with Gasteiger partial charge in [-0.2, -0.15) is 11.8 Å². The Balaban J connectivity index is 2.01. The molecule has 1 aromatic carbocycles. The topological polar surface area (TPSA) is 84.2 Å². The number of carbonyl (C=O) groups excluding carboxylic acids is 2. The number of rotatable bonds is 7. The van der Waals surface area contributed by atoms with Crippen LogP contribution in [0.25, 0.3) is 0 Å². The molecule has 0 heterocycles. The van der Waals surface area contributed by atoms with E-state index >= 15 is 0 Å². The smallest absolute Gasteiger partial charge is 0.253 e. The number of nitrogens with two attached hydrogens (primary N) is 1. The lowest BCUT2D eigenvalue weighted by Crippen LogP contribution is -2.37. The van der Waals surface area contributed by atoms with Gasteiger partial charge in [0.2, 0.25) is 5.91 Å². The third kappa shape index (κ3) is 6.20. The zero-order chi connectivity index (χ0) is 18.2. The van der Waals surface area contributed by atoms with Crippen LogP contribution in [0.4, 0.5) is 5.69 Å². The van der Waals surface area contributed by atoms with Crippen LogP contribution in [-0.2, 0) is 4.79 Å². The summed E-state index contributed by atoms with van der Waals surface area (Å²) in [5.74, 6) is 0.374. The van der Waals surface area contributed by atoms with Crippen molar-refractivity contribution in [3.05, 3.63) is 28.8 Å². The fourth-order valence-corrected chi connectivity index (χ4v) is 3.59. The van der Waals surface area contributed by atoms with Crippen molar-refractivity contribution in [2.75, 3.05) is 17.3 Å². The Morgan fingerprint density at radius 1 is 1.32 bits per heavy atom. The molecule has 1 aromatic rings. The second-order valence-corrected chi connectivity index (χ2v) is 7.77. The van der Waals surface area contributed by atoms with E-state index in [4.69, 9.17) is 17.3 Å². The molecule has 0 unspecified atom stereocenters. The number of benzene rings is 1. The third-order valence-electron chi connectivity index (χ3n) is 4.39. The molecule has 0 aliphatic heterocycles. The minimum Gasteiger partial charge on any atom is -0.349 e. The summed E-state index contributed by atoms with van der Waals surface area (Å²) < 4.78 is 0. The number of hydrogen-bond donors (Lipinski definition) is 3. The summed E-state index contributed by atoms with van der Waals surface area (Å²) in [7, 11) is 0. The number of halogens is 1. The molecule has 1 fully saturated rings. The van der Waals surface area contributed by atoms with Crippen molar-refractivity contribution in [2.24, 2.45) is 5.73 Å². The molecule has 25 heavy (non-hydrogen) atoms. The van der Waals surface area contributed by atoms with Crippen LogP contribution < -0.4 is 16.4 Å². The van der Waals surface area contributed by atoms with Gasteiger partial charge in [-0.3, -0.25) is 9.59 Å². The van der Waals surface area contributed by atoms with Crippen molar-refractivity contribution in [3.63, 3.8) is 0 Å². The Kier molecular flexibility index (Phi) is 8.06. The average Bonchev–Trinajstić information content (AvgIpc) is 2.61. The van der Waals surface area contributed by atoms with Crippen LogP contribution in [0, 0.1) is 0 Å².